The first kappa shape index (κ1) is 22.9. The van der Waals surface area contributed by atoms with E-state index < -0.39 is 54.4 Å². The maximum absolute atomic E-state index is 12.4. The number of hydrogen-bond acceptors (Lipinski definition) is 7. The molecule has 154 valence electrons. The number of nitrogens with one attached hydrogen (secondary N) is 2. The lowest BCUT2D eigenvalue weighted by Gasteiger charge is -2.22. The van der Waals surface area contributed by atoms with Crippen molar-refractivity contribution in [3.05, 3.63) is 29.8 Å². The van der Waals surface area contributed by atoms with Gasteiger partial charge in [-0.2, -0.15) is 0 Å². The average molecular weight is 397 g/mol. The summed E-state index contributed by atoms with van der Waals surface area (Å²) in [6.45, 7) is 1.24. The quantitative estimate of drug-likeness (QED) is 0.237. The summed E-state index contributed by atoms with van der Waals surface area (Å²) in [6.07, 6.45) is -2.19. The fourth-order valence-electron chi connectivity index (χ4n) is 2.21. The SMILES string of the molecule is C[C@@H](O)[C@@H](N)C(=O)N[C@@H](CC(=O)O)C(=O)N[C@@H](Cc1ccc(O)cc1)C(=O)O. The minimum Gasteiger partial charge on any atom is -0.508 e. The largest absolute Gasteiger partial charge is 0.508 e. The van der Waals surface area contributed by atoms with Crippen molar-refractivity contribution >= 4 is 23.8 Å². The van der Waals surface area contributed by atoms with Gasteiger partial charge in [0, 0.05) is 6.42 Å². The van der Waals surface area contributed by atoms with E-state index in [0.29, 0.717) is 5.56 Å². The number of phenolic OH excluding ortho intramolecular Hbond substituents is 1. The first-order valence-electron chi connectivity index (χ1n) is 8.28. The summed E-state index contributed by atoms with van der Waals surface area (Å²) < 4.78 is 0. The van der Waals surface area contributed by atoms with Gasteiger partial charge in [0.25, 0.3) is 0 Å². The van der Waals surface area contributed by atoms with Gasteiger partial charge in [0.05, 0.1) is 12.5 Å². The number of carboxylic acid groups (broad SMARTS) is 2. The van der Waals surface area contributed by atoms with Crippen LogP contribution in [-0.2, 0) is 25.6 Å². The molecule has 28 heavy (non-hydrogen) atoms. The number of nitrogens with two attached hydrogens (primary N) is 1. The summed E-state index contributed by atoms with van der Waals surface area (Å²) in [5, 5.41) is 41.1. The predicted octanol–water partition coefficient (Wildman–Crippen LogP) is -1.83. The Morgan fingerprint density at radius 3 is 2.00 bits per heavy atom. The number of carbonyl (C=O) groups is 4. The third-order valence-corrected chi connectivity index (χ3v) is 3.82. The topological polar surface area (TPSA) is 199 Å². The van der Waals surface area contributed by atoms with Crippen LogP contribution in [-0.4, -0.2) is 68.4 Å². The zero-order chi connectivity index (χ0) is 21.4. The van der Waals surface area contributed by atoms with E-state index in [4.69, 9.17) is 10.8 Å². The van der Waals surface area contributed by atoms with Crippen LogP contribution in [0.2, 0.25) is 0 Å². The molecule has 0 saturated carbocycles. The fourth-order valence-corrected chi connectivity index (χ4v) is 2.21. The fraction of sp³-hybridized carbons (Fsp3) is 0.412. The third-order valence-electron chi connectivity index (χ3n) is 3.82. The molecule has 0 fully saturated rings. The van der Waals surface area contributed by atoms with Crippen LogP contribution in [0.1, 0.15) is 18.9 Å². The highest BCUT2D eigenvalue weighted by Gasteiger charge is 2.30. The number of aliphatic hydroxyl groups is 1. The highest BCUT2D eigenvalue weighted by molar-refractivity contribution is 5.94. The molecule has 1 aromatic carbocycles. The lowest BCUT2D eigenvalue weighted by Crippen LogP contribution is -2.57. The van der Waals surface area contributed by atoms with Gasteiger partial charge in [-0.25, -0.2) is 4.79 Å². The summed E-state index contributed by atoms with van der Waals surface area (Å²) in [4.78, 5) is 46.7. The van der Waals surface area contributed by atoms with Crippen molar-refractivity contribution in [2.24, 2.45) is 5.73 Å². The first-order chi connectivity index (χ1) is 13.0. The van der Waals surface area contributed by atoms with Crippen LogP contribution in [0.25, 0.3) is 0 Å². The number of rotatable bonds is 10. The van der Waals surface area contributed by atoms with Crippen molar-refractivity contribution in [1.29, 1.82) is 0 Å². The molecule has 0 radical (unpaired) electrons. The lowest BCUT2D eigenvalue weighted by atomic mass is 10.0. The number of aromatic hydroxyl groups is 1. The van der Waals surface area contributed by atoms with Crippen LogP contribution >= 0.6 is 0 Å². The summed E-state index contributed by atoms with van der Waals surface area (Å²) in [5.74, 6) is -4.78. The van der Waals surface area contributed by atoms with Crippen LogP contribution in [0.15, 0.2) is 24.3 Å². The highest BCUT2D eigenvalue weighted by atomic mass is 16.4. The standard InChI is InChI=1S/C17H23N3O8/c1-8(21)14(18)16(26)19-11(7-13(23)24)15(25)20-12(17(27)28)6-9-2-4-10(22)5-3-9/h2-5,8,11-12,14,21-22H,6-7,18H2,1H3,(H,19,26)(H,20,25)(H,23,24)(H,27,28)/t8-,11+,12+,14-/m1/s1. The Bertz CT molecular complexity index is 720. The van der Waals surface area contributed by atoms with E-state index in [-0.39, 0.29) is 12.2 Å². The van der Waals surface area contributed by atoms with Gasteiger partial charge in [-0.15, -0.1) is 0 Å². The molecule has 1 aromatic rings. The Balaban J connectivity index is 2.89. The molecule has 0 bridgehead atoms. The number of aliphatic hydroxyl groups excluding tert-OH is 1. The summed E-state index contributed by atoms with van der Waals surface area (Å²) in [7, 11) is 0. The molecule has 11 heteroatoms. The molecule has 0 heterocycles. The van der Waals surface area contributed by atoms with Crippen molar-refractivity contribution in [3.8, 4) is 5.75 Å². The Kier molecular flexibility index (Phi) is 8.35. The van der Waals surface area contributed by atoms with Gasteiger partial charge < -0.3 is 36.8 Å². The predicted molar refractivity (Wildman–Crippen MR) is 95.2 cm³/mol. The number of phenols is 1. The zero-order valence-corrected chi connectivity index (χ0v) is 15.0. The molecule has 1 rings (SSSR count). The van der Waals surface area contributed by atoms with Crippen molar-refractivity contribution in [2.75, 3.05) is 0 Å². The molecule has 0 saturated heterocycles. The average Bonchev–Trinajstić information content (AvgIpc) is 2.60. The summed E-state index contributed by atoms with van der Waals surface area (Å²) >= 11 is 0. The van der Waals surface area contributed by atoms with Gasteiger partial charge in [-0.1, -0.05) is 12.1 Å². The Labute approximate surface area is 160 Å². The smallest absolute Gasteiger partial charge is 0.326 e. The minimum absolute atomic E-state index is 0.0154. The molecule has 0 aliphatic carbocycles. The maximum atomic E-state index is 12.4. The van der Waals surface area contributed by atoms with Gasteiger partial charge >= 0.3 is 11.9 Å². The van der Waals surface area contributed by atoms with Crippen LogP contribution < -0.4 is 16.4 Å². The van der Waals surface area contributed by atoms with Gasteiger partial charge in [-0.05, 0) is 24.6 Å². The summed E-state index contributed by atoms with van der Waals surface area (Å²) in [5.41, 5.74) is 5.95. The molecule has 0 aromatic heterocycles. The lowest BCUT2D eigenvalue weighted by molar-refractivity contribution is -0.143. The molecular formula is C17H23N3O8. The Hall–Kier alpha value is -3.18. The number of aliphatic carboxylic acids is 2. The normalized spacial score (nSPS) is 15.0. The first-order valence-corrected chi connectivity index (χ1v) is 8.28. The number of amides is 2. The monoisotopic (exact) mass is 397 g/mol. The van der Waals surface area contributed by atoms with Crippen LogP contribution in [0.5, 0.6) is 5.75 Å². The van der Waals surface area contributed by atoms with Gasteiger partial charge in [-0.3, -0.25) is 14.4 Å². The van der Waals surface area contributed by atoms with Gasteiger partial charge in [0.15, 0.2) is 0 Å². The van der Waals surface area contributed by atoms with E-state index in [0.717, 1.165) is 0 Å². The van der Waals surface area contributed by atoms with E-state index >= 15 is 0 Å². The molecule has 4 atom stereocenters. The highest BCUT2D eigenvalue weighted by Crippen LogP contribution is 2.11. The van der Waals surface area contributed by atoms with Crippen molar-refractivity contribution in [1.82, 2.24) is 10.6 Å². The van der Waals surface area contributed by atoms with Crippen molar-refractivity contribution in [3.63, 3.8) is 0 Å². The van der Waals surface area contributed by atoms with Gasteiger partial charge in [0.1, 0.15) is 23.9 Å². The number of hydrogen-bond donors (Lipinski definition) is 7. The van der Waals surface area contributed by atoms with E-state index in [1.807, 2.05) is 0 Å². The van der Waals surface area contributed by atoms with Crippen LogP contribution in [0.4, 0.5) is 0 Å². The molecule has 0 unspecified atom stereocenters. The molecule has 11 nitrogen and oxygen atoms in total. The minimum atomic E-state index is -1.59. The Morgan fingerprint density at radius 2 is 1.54 bits per heavy atom. The van der Waals surface area contributed by atoms with E-state index in [1.54, 1.807) is 0 Å². The number of benzene rings is 1. The molecule has 0 spiro atoms. The van der Waals surface area contributed by atoms with Gasteiger partial charge in [0.2, 0.25) is 11.8 Å². The number of carboxylic acids is 2. The van der Waals surface area contributed by atoms with E-state index in [1.165, 1.54) is 31.2 Å². The molecule has 8 N–H and O–H groups in total. The summed E-state index contributed by atoms with van der Waals surface area (Å²) in [6, 6.07) is 1.25. The zero-order valence-electron chi connectivity index (χ0n) is 15.0. The molecule has 0 aliphatic heterocycles. The van der Waals surface area contributed by atoms with E-state index in [9.17, 15) is 34.5 Å². The second-order valence-corrected chi connectivity index (χ2v) is 6.20. The maximum Gasteiger partial charge on any atom is 0.326 e. The van der Waals surface area contributed by atoms with Crippen molar-refractivity contribution < 1.29 is 39.6 Å². The number of carbonyl (C=O) groups excluding carboxylic acids is 2. The van der Waals surface area contributed by atoms with E-state index in [2.05, 4.69) is 10.6 Å². The van der Waals surface area contributed by atoms with Crippen LogP contribution in [0, 0.1) is 0 Å². The second-order valence-electron chi connectivity index (χ2n) is 6.20. The molecule has 0 aliphatic rings. The Morgan fingerprint density at radius 1 is 1.00 bits per heavy atom. The molecule has 2 amide bonds. The second kappa shape index (κ2) is 10.2. The van der Waals surface area contributed by atoms with Crippen LogP contribution in [0.3, 0.4) is 0 Å². The third kappa shape index (κ3) is 7.21. The van der Waals surface area contributed by atoms with Crippen molar-refractivity contribution in [2.45, 2.75) is 44.0 Å². The molecular weight excluding hydrogens is 374 g/mol.